The zero-order valence-electron chi connectivity index (χ0n) is 9.08. The molecule has 1 rings (SSSR count). The van der Waals surface area contributed by atoms with E-state index in [0.717, 1.165) is 26.1 Å². The maximum absolute atomic E-state index is 4.28. The van der Waals surface area contributed by atoms with Gasteiger partial charge in [0.25, 0.3) is 0 Å². The van der Waals surface area contributed by atoms with Gasteiger partial charge in [-0.3, -0.25) is 4.68 Å². The Morgan fingerprint density at radius 3 is 3.07 bits per heavy atom. The second-order valence-corrected chi connectivity index (χ2v) is 3.53. The average Bonchev–Trinajstić information content (AvgIpc) is 2.58. The molecular weight excluding hydrogens is 174 g/mol. The second-order valence-electron chi connectivity index (χ2n) is 3.53. The lowest BCUT2D eigenvalue weighted by molar-refractivity contribution is 0.561. The predicted octanol–water partition coefficient (Wildman–Crippen LogP) is 1.96. The molecule has 0 atom stereocenters. The molecular formula is C11H19N3. The van der Waals surface area contributed by atoms with Gasteiger partial charge < -0.3 is 5.32 Å². The number of hydrogen-bond donors (Lipinski definition) is 1. The second kappa shape index (κ2) is 5.60. The van der Waals surface area contributed by atoms with Gasteiger partial charge in [0, 0.05) is 19.3 Å². The van der Waals surface area contributed by atoms with Crippen LogP contribution in [0.3, 0.4) is 0 Å². The van der Waals surface area contributed by atoms with Crippen molar-refractivity contribution in [3.05, 3.63) is 30.1 Å². The lowest BCUT2D eigenvalue weighted by Gasteiger charge is -2.07. The number of nitrogens with zero attached hydrogens (tertiary/aromatic N) is 2. The van der Waals surface area contributed by atoms with Gasteiger partial charge in [0.15, 0.2) is 0 Å². The third-order valence-corrected chi connectivity index (χ3v) is 2.11. The summed E-state index contributed by atoms with van der Waals surface area (Å²) < 4.78 is 2.04. The molecule has 0 unspecified atom stereocenters. The fraction of sp³-hybridized carbons (Fsp3) is 0.545. The van der Waals surface area contributed by atoms with Crippen LogP contribution in [0.4, 0.5) is 0 Å². The Labute approximate surface area is 85.8 Å². The van der Waals surface area contributed by atoms with Crippen LogP contribution in [-0.4, -0.2) is 16.3 Å². The SMILES string of the molecule is C=C(C)CCn1nccc1CNCC. The van der Waals surface area contributed by atoms with Crippen LogP contribution in [0.1, 0.15) is 26.0 Å². The molecule has 1 aromatic rings. The summed E-state index contributed by atoms with van der Waals surface area (Å²) in [6.07, 6.45) is 2.85. The van der Waals surface area contributed by atoms with Crippen LogP contribution in [0.15, 0.2) is 24.4 Å². The molecule has 1 N–H and O–H groups in total. The highest BCUT2D eigenvalue weighted by Gasteiger charge is 2.00. The van der Waals surface area contributed by atoms with Crippen LogP contribution >= 0.6 is 0 Å². The van der Waals surface area contributed by atoms with Crippen molar-refractivity contribution in [2.24, 2.45) is 0 Å². The van der Waals surface area contributed by atoms with E-state index in [9.17, 15) is 0 Å². The van der Waals surface area contributed by atoms with Crippen LogP contribution in [-0.2, 0) is 13.1 Å². The fourth-order valence-electron chi connectivity index (χ4n) is 1.26. The summed E-state index contributed by atoms with van der Waals surface area (Å²) in [6, 6.07) is 2.06. The van der Waals surface area contributed by atoms with E-state index in [1.54, 1.807) is 0 Å². The number of rotatable bonds is 6. The van der Waals surface area contributed by atoms with Crippen LogP contribution in [0.5, 0.6) is 0 Å². The van der Waals surface area contributed by atoms with Gasteiger partial charge in [0.2, 0.25) is 0 Å². The first-order chi connectivity index (χ1) is 6.74. The fourth-order valence-corrected chi connectivity index (χ4v) is 1.26. The summed E-state index contributed by atoms with van der Waals surface area (Å²) >= 11 is 0. The highest BCUT2D eigenvalue weighted by atomic mass is 15.3. The monoisotopic (exact) mass is 193 g/mol. The number of allylic oxidation sites excluding steroid dienone is 1. The van der Waals surface area contributed by atoms with Crippen molar-refractivity contribution in [2.75, 3.05) is 6.54 Å². The van der Waals surface area contributed by atoms with Crippen molar-refractivity contribution in [3.63, 3.8) is 0 Å². The van der Waals surface area contributed by atoms with Crippen LogP contribution in [0.2, 0.25) is 0 Å². The molecule has 1 heterocycles. The first-order valence-electron chi connectivity index (χ1n) is 5.09. The molecule has 14 heavy (non-hydrogen) atoms. The smallest absolute Gasteiger partial charge is 0.0522 e. The molecule has 3 heteroatoms. The Morgan fingerprint density at radius 1 is 1.64 bits per heavy atom. The van der Waals surface area contributed by atoms with Gasteiger partial charge in [-0.05, 0) is 26.0 Å². The maximum atomic E-state index is 4.28. The van der Waals surface area contributed by atoms with Gasteiger partial charge in [0.1, 0.15) is 0 Å². The van der Waals surface area contributed by atoms with Gasteiger partial charge in [-0.25, -0.2) is 0 Å². The summed E-state index contributed by atoms with van der Waals surface area (Å²) in [4.78, 5) is 0. The molecule has 0 aliphatic rings. The highest BCUT2D eigenvalue weighted by molar-refractivity contribution is 5.00. The van der Waals surface area contributed by atoms with E-state index >= 15 is 0 Å². The molecule has 3 nitrogen and oxygen atoms in total. The molecule has 0 aliphatic carbocycles. The number of aryl methyl sites for hydroxylation is 1. The Bertz CT molecular complexity index is 288. The summed E-state index contributed by atoms with van der Waals surface area (Å²) in [6.45, 7) is 10.9. The Kier molecular flexibility index (Phi) is 4.40. The molecule has 0 radical (unpaired) electrons. The first-order valence-corrected chi connectivity index (χ1v) is 5.09. The quantitative estimate of drug-likeness (QED) is 0.700. The van der Waals surface area contributed by atoms with Crippen molar-refractivity contribution in [3.8, 4) is 0 Å². The molecule has 0 saturated carbocycles. The standard InChI is InChI=1S/C11H19N3/c1-4-12-9-11-5-7-13-14(11)8-6-10(2)3/h5,7,12H,2,4,6,8-9H2,1,3H3. The third kappa shape index (κ3) is 3.34. The van der Waals surface area contributed by atoms with Crippen LogP contribution in [0.25, 0.3) is 0 Å². The molecule has 1 aromatic heterocycles. The molecule has 0 fully saturated rings. The Hall–Kier alpha value is -1.09. The van der Waals surface area contributed by atoms with E-state index < -0.39 is 0 Å². The molecule has 0 amide bonds. The lowest BCUT2D eigenvalue weighted by Crippen LogP contribution is -2.16. The minimum atomic E-state index is 0.896. The normalized spacial score (nSPS) is 10.4. The Balaban J connectivity index is 2.49. The summed E-state index contributed by atoms with van der Waals surface area (Å²) in [5, 5.41) is 7.57. The Morgan fingerprint density at radius 2 is 2.43 bits per heavy atom. The number of aromatic nitrogens is 2. The first kappa shape index (κ1) is 11.0. The largest absolute Gasteiger partial charge is 0.311 e. The van der Waals surface area contributed by atoms with Gasteiger partial charge in [-0.2, -0.15) is 5.10 Å². The van der Waals surface area contributed by atoms with Crippen molar-refractivity contribution in [1.29, 1.82) is 0 Å². The summed E-state index contributed by atoms with van der Waals surface area (Å²) in [5.74, 6) is 0. The van der Waals surface area contributed by atoms with Gasteiger partial charge in [-0.15, -0.1) is 6.58 Å². The van der Waals surface area contributed by atoms with Crippen molar-refractivity contribution >= 4 is 0 Å². The highest BCUT2D eigenvalue weighted by Crippen LogP contribution is 2.03. The maximum Gasteiger partial charge on any atom is 0.0522 e. The van der Waals surface area contributed by atoms with Gasteiger partial charge >= 0.3 is 0 Å². The molecule has 0 spiro atoms. The minimum Gasteiger partial charge on any atom is -0.311 e. The van der Waals surface area contributed by atoms with E-state index in [1.807, 2.05) is 17.8 Å². The number of hydrogen-bond acceptors (Lipinski definition) is 2. The predicted molar refractivity (Wildman–Crippen MR) is 59.0 cm³/mol. The van der Waals surface area contributed by atoms with Crippen molar-refractivity contribution in [2.45, 2.75) is 33.4 Å². The topological polar surface area (TPSA) is 29.9 Å². The van der Waals surface area contributed by atoms with E-state index in [0.29, 0.717) is 0 Å². The van der Waals surface area contributed by atoms with E-state index in [-0.39, 0.29) is 0 Å². The summed E-state index contributed by atoms with van der Waals surface area (Å²) in [7, 11) is 0. The van der Waals surface area contributed by atoms with Crippen LogP contribution < -0.4 is 5.32 Å². The molecule has 0 saturated heterocycles. The van der Waals surface area contributed by atoms with Gasteiger partial charge in [0.05, 0.1) is 5.69 Å². The lowest BCUT2D eigenvalue weighted by atomic mass is 10.2. The third-order valence-electron chi connectivity index (χ3n) is 2.11. The van der Waals surface area contributed by atoms with Crippen molar-refractivity contribution in [1.82, 2.24) is 15.1 Å². The number of nitrogens with one attached hydrogen (secondary N) is 1. The van der Waals surface area contributed by atoms with E-state index in [2.05, 4.69) is 30.0 Å². The average molecular weight is 193 g/mol. The summed E-state index contributed by atoms with van der Waals surface area (Å²) in [5.41, 5.74) is 2.45. The van der Waals surface area contributed by atoms with Crippen molar-refractivity contribution < 1.29 is 0 Å². The van der Waals surface area contributed by atoms with E-state index in [4.69, 9.17) is 0 Å². The molecule has 78 valence electrons. The van der Waals surface area contributed by atoms with Gasteiger partial charge in [-0.1, -0.05) is 12.5 Å². The zero-order valence-corrected chi connectivity index (χ0v) is 9.08. The molecule has 0 aromatic carbocycles. The molecule has 0 aliphatic heterocycles. The van der Waals surface area contributed by atoms with E-state index in [1.165, 1.54) is 11.3 Å². The zero-order chi connectivity index (χ0) is 10.4. The minimum absolute atomic E-state index is 0.896. The van der Waals surface area contributed by atoms with Crippen LogP contribution in [0, 0.1) is 0 Å². The molecule has 0 bridgehead atoms.